The Morgan fingerprint density at radius 2 is 1.70 bits per heavy atom. The third-order valence-corrected chi connectivity index (χ3v) is 6.19. The van der Waals surface area contributed by atoms with E-state index in [9.17, 15) is 13.2 Å². The van der Waals surface area contributed by atoms with Crippen molar-refractivity contribution in [3.63, 3.8) is 0 Å². The number of aromatic nitrogens is 1. The molecular weight excluding hydrogens is 494 g/mol. The van der Waals surface area contributed by atoms with E-state index in [4.69, 9.17) is 13.7 Å². The Labute approximate surface area is 214 Å². The third kappa shape index (κ3) is 7.15. The molecule has 0 fully saturated rings. The van der Waals surface area contributed by atoms with Crippen LogP contribution in [-0.2, 0) is 21.3 Å². The number of methoxy groups -OCH3 is 1. The Morgan fingerprint density at radius 1 is 0.946 bits per heavy atom. The molecule has 4 aromatic rings. The quantitative estimate of drug-likeness (QED) is 0.189. The lowest BCUT2D eigenvalue weighted by Gasteiger charge is -2.10. The lowest BCUT2D eigenvalue weighted by Crippen LogP contribution is -2.20. The normalized spacial score (nSPS) is 11.2. The lowest BCUT2D eigenvalue weighted by atomic mass is 10.1. The van der Waals surface area contributed by atoms with Crippen molar-refractivity contribution in [2.24, 2.45) is 5.10 Å². The molecule has 1 N–H and O–H groups in total. The largest absolute Gasteiger partial charge is 0.497 e. The van der Waals surface area contributed by atoms with Gasteiger partial charge in [0.05, 0.1) is 25.9 Å². The van der Waals surface area contributed by atoms with Gasteiger partial charge in [-0.25, -0.2) is 10.4 Å². The number of hydrogen-bond acceptors (Lipinski definition) is 8. The second-order valence-electron chi connectivity index (χ2n) is 7.64. The number of nitrogens with zero attached hydrogens (tertiary/aromatic N) is 2. The van der Waals surface area contributed by atoms with Crippen molar-refractivity contribution in [3.05, 3.63) is 108 Å². The highest BCUT2D eigenvalue weighted by Crippen LogP contribution is 2.24. The molecule has 37 heavy (non-hydrogen) atoms. The van der Waals surface area contributed by atoms with E-state index in [0.29, 0.717) is 17.1 Å². The van der Waals surface area contributed by atoms with E-state index in [1.807, 2.05) is 18.2 Å². The molecule has 0 atom stereocenters. The molecule has 3 aromatic carbocycles. The molecule has 9 nitrogen and oxygen atoms in total. The summed E-state index contributed by atoms with van der Waals surface area (Å²) >= 11 is 0. The zero-order valence-corrected chi connectivity index (χ0v) is 20.6. The minimum atomic E-state index is -4.19. The van der Waals surface area contributed by atoms with Crippen molar-refractivity contribution >= 4 is 22.2 Å². The monoisotopic (exact) mass is 517 g/mol. The van der Waals surface area contributed by atoms with Crippen molar-refractivity contribution in [3.8, 4) is 23.1 Å². The molecule has 10 heteroatoms. The Morgan fingerprint density at radius 3 is 2.46 bits per heavy atom. The van der Waals surface area contributed by atoms with Gasteiger partial charge in [0, 0.05) is 11.6 Å². The molecule has 0 radical (unpaired) electrons. The van der Waals surface area contributed by atoms with Crippen LogP contribution in [0.15, 0.2) is 107 Å². The Hall–Kier alpha value is -4.70. The second kappa shape index (κ2) is 11.8. The van der Waals surface area contributed by atoms with Crippen LogP contribution in [0.25, 0.3) is 0 Å². The van der Waals surface area contributed by atoms with Crippen LogP contribution >= 0.6 is 0 Å². The number of hydrazone groups is 1. The summed E-state index contributed by atoms with van der Waals surface area (Å²) in [6.07, 6.45) is 2.56. The molecule has 0 spiro atoms. The Kier molecular flexibility index (Phi) is 8.11. The van der Waals surface area contributed by atoms with Crippen molar-refractivity contribution < 1.29 is 26.9 Å². The number of rotatable bonds is 10. The van der Waals surface area contributed by atoms with Crippen LogP contribution in [0.5, 0.6) is 23.1 Å². The number of benzene rings is 3. The van der Waals surface area contributed by atoms with Gasteiger partial charge in [-0.1, -0.05) is 42.5 Å². The highest BCUT2D eigenvalue weighted by molar-refractivity contribution is 7.87. The number of carbonyl (C=O) groups excluding carboxylic acids is 1. The van der Waals surface area contributed by atoms with Crippen LogP contribution in [-0.4, -0.2) is 32.6 Å². The predicted molar refractivity (Wildman–Crippen MR) is 137 cm³/mol. The zero-order valence-electron chi connectivity index (χ0n) is 19.8. The van der Waals surface area contributed by atoms with Gasteiger partial charge in [-0.05, 0) is 48.0 Å². The zero-order chi connectivity index (χ0) is 26.1. The van der Waals surface area contributed by atoms with E-state index >= 15 is 0 Å². The number of para-hydroxylation sites is 2. The number of nitrogens with one attached hydrogen (secondary N) is 1. The van der Waals surface area contributed by atoms with Gasteiger partial charge in [-0.3, -0.25) is 4.79 Å². The summed E-state index contributed by atoms with van der Waals surface area (Å²) < 4.78 is 41.7. The average Bonchev–Trinajstić information content (AvgIpc) is 2.90. The van der Waals surface area contributed by atoms with Gasteiger partial charge in [0.1, 0.15) is 16.4 Å². The standard InChI is InChI=1S/C27H23N3O6S/c1-34-23-12-7-8-20(16-23)17-26(31)30-29-18-21-9-5-6-13-25(21)36-37(32,33)24-14-15-27(28-19-24)35-22-10-3-2-4-11-22/h2-16,18-19H,17H2,1H3,(H,30,31). The molecule has 0 aliphatic carbocycles. The Balaban J connectivity index is 1.40. The van der Waals surface area contributed by atoms with Crippen LogP contribution in [0.1, 0.15) is 11.1 Å². The van der Waals surface area contributed by atoms with E-state index in [1.54, 1.807) is 61.7 Å². The van der Waals surface area contributed by atoms with Crippen molar-refractivity contribution in [1.82, 2.24) is 10.4 Å². The summed E-state index contributed by atoms with van der Waals surface area (Å²) in [5.74, 6) is 1.15. The maximum absolute atomic E-state index is 12.8. The summed E-state index contributed by atoms with van der Waals surface area (Å²) in [4.78, 5) is 16.1. The number of pyridine rings is 1. The smallest absolute Gasteiger partial charge is 0.340 e. The number of carbonyl (C=O) groups is 1. The minimum Gasteiger partial charge on any atom is -0.497 e. The fourth-order valence-corrected chi connectivity index (χ4v) is 4.10. The van der Waals surface area contributed by atoms with Crippen molar-refractivity contribution in [1.29, 1.82) is 0 Å². The first-order valence-electron chi connectivity index (χ1n) is 11.1. The molecule has 0 aliphatic rings. The fourth-order valence-electron chi connectivity index (χ4n) is 3.19. The molecule has 4 rings (SSSR count). The number of amides is 1. The average molecular weight is 518 g/mol. The highest BCUT2D eigenvalue weighted by atomic mass is 32.2. The molecule has 0 bridgehead atoms. The van der Waals surface area contributed by atoms with E-state index in [-0.39, 0.29) is 28.9 Å². The van der Waals surface area contributed by atoms with E-state index in [0.717, 1.165) is 11.8 Å². The van der Waals surface area contributed by atoms with Crippen LogP contribution < -0.4 is 19.1 Å². The molecule has 1 amide bonds. The number of hydrogen-bond donors (Lipinski definition) is 1. The van der Waals surface area contributed by atoms with Crippen molar-refractivity contribution in [2.75, 3.05) is 7.11 Å². The SMILES string of the molecule is COc1cccc(CC(=O)NN=Cc2ccccc2OS(=O)(=O)c2ccc(Oc3ccccc3)nc2)c1. The maximum Gasteiger partial charge on any atom is 0.340 e. The summed E-state index contributed by atoms with van der Waals surface area (Å²) in [7, 11) is -2.64. The van der Waals surface area contributed by atoms with E-state index in [2.05, 4.69) is 15.5 Å². The van der Waals surface area contributed by atoms with E-state index in [1.165, 1.54) is 24.4 Å². The summed E-state index contributed by atoms with van der Waals surface area (Å²) in [5.41, 5.74) is 3.54. The van der Waals surface area contributed by atoms with Gasteiger partial charge < -0.3 is 13.7 Å². The fraction of sp³-hybridized carbons (Fsp3) is 0.0741. The van der Waals surface area contributed by atoms with E-state index < -0.39 is 10.1 Å². The summed E-state index contributed by atoms with van der Waals surface area (Å²) in [5, 5.41) is 3.94. The first-order valence-corrected chi connectivity index (χ1v) is 12.5. The topological polar surface area (TPSA) is 116 Å². The first-order chi connectivity index (χ1) is 17.9. The van der Waals surface area contributed by atoms with Gasteiger partial charge >= 0.3 is 10.1 Å². The minimum absolute atomic E-state index is 0.0397. The maximum atomic E-state index is 12.8. The van der Waals surface area contributed by atoms with Gasteiger partial charge in [-0.2, -0.15) is 13.5 Å². The van der Waals surface area contributed by atoms with Crippen LogP contribution in [0, 0.1) is 0 Å². The van der Waals surface area contributed by atoms with Crippen LogP contribution in [0.3, 0.4) is 0 Å². The third-order valence-electron chi connectivity index (χ3n) is 4.97. The molecule has 0 unspecified atom stereocenters. The van der Waals surface area contributed by atoms with Gasteiger partial charge in [0.15, 0.2) is 5.75 Å². The molecule has 188 valence electrons. The molecule has 1 heterocycles. The lowest BCUT2D eigenvalue weighted by molar-refractivity contribution is -0.120. The molecular formula is C27H23N3O6S. The number of ether oxygens (including phenoxy) is 2. The predicted octanol–water partition coefficient (Wildman–Crippen LogP) is 4.34. The summed E-state index contributed by atoms with van der Waals surface area (Å²) in [6, 6.07) is 25.3. The highest BCUT2D eigenvalue weighted by Gasteiger charge is 2.19. The molecule has 0 saturated heterocycles. The van der Waals surface area contributed by atoms with Crippen LogP contribution in [0.2, 0.25) is 0 Å². The first kappa shape index (κ1) is 25.4. The van der Waals surface area contributed by atoms with Crippen molar-refractivity contribution in [2.45, 2.75) is 11.3 Å². The molecule has 0 saturated carbocycles. The second-order valence-corrected chi connectivity index (χ2v) is 9.19. The van der Waals surface area contributed by atoms with Gasteiger partial charge in [0.25, 0.3) is 0 Å². The molecule has 1 aromatic heterocycles. The Bertz CT molecular complexity index is 1490. The van der Waals surface area contributed by atoms with Gasteiger partial charge in [-0.15, -0.1) is 0 Å². The molecule has 0 aliphatic heterocycles. The summed E-state index contributed by atoms with van der Waals surface area (Å²) in [6.45, 7) is 0. The van der Waals surface area contributed by atoms with Gasteiger partial charge in [0.2, 0.25) is 11.8 Å². The van der Waals surface area contributed by atoms with Crippen LogP contribution in [0.4, 0.5) is 0 Å².